The van der Waals surface area contributed by atoms with Crippen LogP contribution in [0.3, 0.4) is 0 Å². The van der Waals surface area contributed by atoms with Gasteiger partial charge in [-0.25, -0.2) is 4.39 Å². The monoisotopic (exact) mass is 357 g/mol. The average molecular weight is 357 g/mol. The zero-order valence-electron chi connectivity index (χ0n) is 14.5. The van der Waals surface area contributed by atoms with E-state index in [2.05, 4.69) is 0 Å². The van der Waals surface area contributed by atoms with E-state index in [9.17, 15) is 9.18 Å². The number of ether oxygens (including phenoxy) is 3. The summed E-state index contributed by atoms with van der Waals surface area (Å²) in [6, 6.07) is 9.70. The smallest absolute Gasteiger partial charge is 0.254 e. The first-order valence-electron chi connectivity index (χ1n) is 8.71. The number of likely N-dealkylation sites (tertiary alicyclic amines) is 1. The Morgan fingerprint density at radius 2 is 1.96 bits per heavy atom. The lowest BCUT2D eigenvalue weighted by molar-refractivity contribution is 0.0734. The van der Waals surface area contributed by atoms with Crippen LogP contribution in [-0.4, -0.2) is 37.7 Å². The topological polar surface area (TPSA) is 48.0 Å². The van der Waals surface area contributed by atoms with Crippen LogP contribution in [-0.2, 0) is 0 Å². The molecule has 6 heteroatoms. The number of fused-ring (bicyclic) bond motifs is 1. The van der Waals surface area contributed by atoms with Crippen molar-refractivity contribution in [2.45, 2.75) is 18.9 Å². The first-order chi connectivity index (χ1) is 12.7. The number of benzene rings is 2. The molecule has 136 valence electrons. The van der Waals surface area contributed by atoms with E-state index in [1.54, 1.807) is 31.4 Å². The Morgan fingerprint density at radius 3 is 2.73 bits per heavy atom. The van der Waals surface area contributed by atoms with E-state index in [1.807, 2.05) is 4.90 Å². The molecule has 1 atom stereocenters. The molecule has 2 aromatic carbocycles. The largest absolute Gasteiger partial charge is 0.493 e. The van der Waals surface area contributed by atoms with Gasteiger partial charge in [0.2, 0.25) is 5.75 Å². The minimum atomic E-state index is -0.277. The van der Waals surface area contributed by atoms with E-state index in [0.29, 0.717) is 42.6 Å². The Labute approximate surface area is 151 Å². The molecule has 0 N–H and O–H groups in total. The lowest BCUT2D eigenvalue weighted by atomic mass is 10.0. The van der Waals surface area contributed by atoms with Gasteiger partial charge in [0.25, 0.3) is 5.91 Å². The van der Waals surface area contributed by atoms with Gasteiger partial charge in [0.05, 0.1) is 13.2 Å². The number of rotatable bonds is 3. The van der Waals surface area contributed by atoms with Crippen molar-refractivity contribution >= 4 is 5.91 Å². The summed E-state index contributed by atoms with van der Waals surface area (Å²) in [7, 11) is 1.54. The van der Waals surface area contributed by atoms with Crippen LogP contribution in [0.15, 0.2) is 36.4 Å². The molecule has 0 radical (unpaired) electrons. The molecule has 2 aliphatic rings. The summed E-state index contributed by atoms with van der Waals surface area (Å²) in [4.78, 5) is 15.0. The number of hydrogen-bond donors (Lipinski definition) is 0. The van der Waals surface area contributed by atoms with Crippen molar-refractivity contribution in [3.8, 4) is 17.2 Å². The Hall–Kier alpha value is -2.76. The van der Waals surface area contributed by atoms with Crippen molar-refractivity contribution in [1.29, 1.82) is 0 Å². The highest BCUT2D eigenvalue weighted by Gasteiger charge is 2.32. The number of halogens is 1. The molecule has 1 amide bonds. The molecule has 0 spiro atoms. The highest BCUT2D eigenvalue weighted by Crippen LogP contribution is 2.41. The van der Waals surface area contributed by atoms with Gasteiger partial charge in [0.15, 0.2) is 11.5 Å². The number of amides is 1. The van der Waals surface area contributed by atoms with Crippen LogP contribution in [0.1, 0.15) is 34.8 Å². The van der Waals surface area contributed by atoms with Crippen molar-refractivity contribution in [2.24, 2.45) is 0 Å². The second kappa shape index (κ2) is 6.86. The first kappa shape index (κ1) is 16.7. The van der Waals surface area contributed by atoms with Crippen LogP contribution in [0.4, 0.5) is 4.39 Å². The number of hydrogen-bond acceptors (Lipinski definition) is 4. The number of carbonyl (C=O) groups is 1. The van der Waals surface area contributed by atoms with E-state index >= 15 is 0 Å². The van der Waals surface area contributed by atoms with Crippen molar-refractivity contribution in [3.05, 3.63) is 53.3 Å². The Morgan fingerprint density at radius 1 is 1.19 bits per heavy atom. The van der Waals surface area contributed by atoms with Gasteiger partial charge in [-0.15, -0.1) is 0 Å². The highest BCUT2D eigenvalue weighted by molar-refractivity contribution is 5.96. The van der Waals surface area contributed by atoms with Crippen molar-refractivity contribution in [2.75, 3.05) is 26.9 Å². The van der Waals surface area contributed by atoms with Gasteiger partial charge in [-0.2, -0.15) is 0 Å². The number of methoxy groups -OCH3 is 1. The molecule has 5 nitrogen and oxygen atoms in total. The molecule has 2 aliphatic heterocycles. The van der Waals surface area contributed by atoms with Crippen LogP contribution in [0.2, 0.25) is 0 Å². The predicted octanol–water partition coefficient (Wildman–Crippen LogP) is 3.58. The molecule has 0 aromatic heterocycles. The third-order valence-electron chi connectivity index (χ3n) is 4.84. The molecular weight excluding hydrogens is 337 g/mol. The van der Waals surface area contributed by atoms with Crippen LogP contribution in [0, 0.1) is 5.82 Å². The molecule has 0 saturated carbocycles. The second-order valence-electron chi connectivity index (χ2n) is 6.41. The highest BCUT2D eigenvalue weighted by atomic mass is 19.1. The Kier molecular flexibility index (Phi) is 4.41. The zero-order valence-corrected chi connectivity index (χ0v) is 14.5. The van der Waals surface area contributed by atoms with Crippen LogP contribution in [0.25, 0.3) is 0 Å². The lowest BCUT2D eigenvalue weighted by Crippen LogP contribution is -2.30. The standard InChI is InChI=1S/C20H20FNO4/c1-24-17-11-14(12-18-19(17)26-10-9-25-18)20(23)22-8-2-3-16(22)13-4-6-15(21)7-5-13/h4-7,11-12,16H,2-3,8-10H2,1H3. The first-order valence-corrected chi connectivity index (χ1v) is 8.71. The second-order valence-corrected chi connectivity index (χ2v) is 6.41. The summed E-state index contributed by atoms with van der Waals surface area (Å²) in [6.07, 6.45) is 1.77. The molecule has 1 fully saturated rings. The third kappa shape index (κ3) is 2.96. The zero-order chi connectivity index (χ0) is 18.1. The molecule has 1 saturated heterocycles. The maximum Gasteiger partial charge on any atom is 0.254 e. The fourth-order valence-electron chi connectivity index (χ4n) is 3.60. The van der Waals surface area contributed by atoms with Crippen LogP contribution >= 0.6 is 0 Å². The minimum absolute atomic E-state index is 0.0534. The quantitative estimate of drug-likeness (QED) is 0.842. The SMILES string of the molecule is COc1cc(C(=O)N2CCCC2c2ccc(F)cc2)cc2c1OCCO2. The normalized spacial score (nSPS) is 18.7. The van der Waals surface area contributed by atoms with Gasteiger partial charge in [-0.05, 0) is 42.7 Å². The number of carbonyl (C=O) groups excluding carboxylic acids is 1. The summed E-state index contributed by atoms with van der Waals surface area (Å²) in [5.74, 6) is 1.18. The van der Waals surface area contributed by atoms with Gasteiger partial charge in [0, 0.05) is 12.1 Å². The number of nitrogens with zero attached hydrogens (tertiary/aromatic N) is 1. The van der Waals surface area contributed by atoms with Gasteiger partial charge in [0.1, 0.15) is 19.0 Å². The Bertz CT molecular complexity index is 804. The van der Waals surface area contributed by atoms with E-state index < -0.39 is 0 Å². The average Bonchev–Trinajstić information content (AvgIpc) is 3.16. The summed E-state index contributed by atoms with van der Waals surface area (Å²) in [5, 5.41) is 0. The summed E-state index contributed by atoms with van der Waals surface area (Å²) in [5.41, 5.74) is 1.45. The third-order valence-corrected chi connectivity index (χ3v) is 4.84. The van der Waals surface area contributed by atoms with E-state index in [-0.39, 0.29) is 17.8 Å². The fraction of sp³-hybridized carbons (Fsp3) is 0.350. The lowest BCUT2D eigenvalue weighted by Gasteiger charge is -2.26. The molecule has 2 heterocycles. The maximum absolute atomic E-state index is 13.2. The summed E-state index contributed by atoms with van der Waals surface area (Å²) in [6.45, 7) is 1.56. The van der Waals surface area contributed by atoms with Gasteiger partial charge >= 0.3 is 0 Å². The van der Waals surface area contributed by atoms with Crippen molar-refractivity contribution in [3.63, 3.8) is 0 Å². The van der Waals surface area contributed by atoms with Gasteiger partial charge < -0.3 is 19.1 Å². The fourth-order valence-corrected chi connectivity index (χ4v) is 3.60. The van der Waals surface area contributed by atoms with Crippen molar-refractivity contribution < 1.29 is 23.4 Å². The van der Waals surface area contributed by atoms with Crippen molar-refractivity contribution in [1.82, 2.24) is 4.90 Å². The molecular formula is C20H20FNO4. The van der Waals surface area contributed by atoms with E-state index in [1.165, 1.54) is 12.1 Å². The predicted molar refractivity (Wildman–Crippen MR) is 93.4 cm³/mol. The molecule has 2 aromatic rings. The summed E-state index contributed by atoms with van der Waals surface area (Å²) >= 11 is 0. The summed E-state index contributed by atoms with van der Waals surface area (Å²) < 4.78 is 29.8. The molecule has 4 rings (SSSR count). The maximum atomic E-state index is 13.2. The van der Waals surface area contributed by atoms with Crippen LogP contribution < -0.4 is 14.2 Å². The molecule has 26 heavy (non-hydrogen) atoms. The molecule has 0 aliphatic carbocycles. The van der Waals surface area contributed by atoms with E-state index in [4.69, 9.17) is 14.2 Å². The van der Waals surface area contributed by atoms with E-state index in [0.717, 1.165) is 18.4 Å². The Balaban J connectivity index is 1.65. The molecule has 1 unspecified atom stereocenters. The minimum Gasteiger partial charge on any atom is -0.493 e. The molecule has 0 bridgehead atoms. The van der Waals surface area contributed by atoms with Gasteiger partial charge in [-0.3, -0.25) is 4.79 Å². The van der Waals surface area contributed by atoms with Crippen LogP contribution in [0.5, 0.6) is 17.2 Å². The van der Waals surface area contributed by atoms with Gasteiger partial charge in [-0.1, -0.05) is 12.1 Å².